The standard InChI is InChI=1S/C47H59F2N5O6Si/c1-28(2)61(29(3)4,30(5)6)19-16-35-38(48)15-12-31-20-34(59-27-57-10)21-36(39(31)35)41-40(49)42-37(22-50-41)43(52-44(51-42)58-26-47(25-55)17-11-18-47)53-23-32-13-14-33(24-53)54(32)45(56)60-46(7,8)9/h12,15,20-22,25,28-30,32-33H,11,13-14,17-18,23-24,26-27H2,1-10H3. The lowest BCUT2D eigenvalue weighted by Crippen LogP contribution is -2.57. The summed E-state index contributed by atoms with van der Waals surface area (Å²) in [6, 6.07) is 6.03. The van der Waals surface area contributed by atoms with E-state index in [1.165, 1.54) is 13.2 Å². The highest BCUT2D eigenvalue weighted by atomic mass is 28.3. The summed E-state index contributed by atoms with van der Waals surface area (Å²) in [5.74, 6) is 2.81. The molecule has 14 heteroatoms. The van der Waals surface area contributed by atoms with Gasteiger partial charge in [0.1, 0.15) is 55.2 Å². The number of aldehydes is 1. The Kier molecular flexibility index (Phi) is 12.4. The van der Waals surface area contributed by atoms with Crippen molar-refractivity contribution in [3.05, 3.63) is 47.7 Å². The van der Waals surface area contributed by atoms with Crippen LogP contribution >= 0.6 is 0 Å². The first-order valence-corrected chi connectivity index (χ1v) is 23.8. The van der Waals surface area contributed by atoms with Gasteiger partial charge in [-0.1, -0.05) is 60.0 Å². The number of halogens is 2. The van der Waals surface area contributed by atoms with E-state index in [1.54, 1.807) is 24.4 Å². The highest BCUT2D eigenvalue weighted by Crippen LogP contribution is 2.44. The van der Waals surface area contributed by atoms with Crippen molar-refractivity contribution in [1.82, 2.24) is 19.9 Å². The molecule has 11 nitrogen and oxygen atoms in total. The van der Waals surface area contributed by atoms with E-state index >= 15 is 8.78 Å². The van der Waals surface area contributed by atoms with Crippen molar-refractivity contribution in [3.8, 4) is 34.5 Å². The number of aromatic nitrogens is 3. The third-order valence-corrected chi connectivity index (χ3v) is 19.3. The fraction of sp³-hybridized carbons (Fsp3) is 0.553. The number of hydrogen-bond acceptors (Lipinski definition) is 10. The summed E-state index contributed by atoms with van der Waals surface area (Å²) in [5.41, 5.74) is 3.58. The van der Waals surface area contributed by atoms with Gasteiger partial charge in [-0.2, -0.15) is 9.97 Å². The number of amides is 1. The Bertz CT molecular complexity index is 2350. The smallest absolute Gasteiger partial charge is 0.410 e. The van der Waals surface area contributed by atoms with Crippen molar-refractivity contribution in [2.24, 2.45) is 5.41 Å². The molecule has 1 amide bonds. The molecular formula is C47H59F2N5O6Si. The van der Waals surface area contributed by atoms with E-state index in [4.69, 9.17) is 28.9 Å². The minimum absolute atomic E-state index is 0.0491. The first-order valence-electron chi connectivity index (χ1n) is 21.5. The lowest BCUT2D eigenvalue weighted by molar-refractivity contribution is -0.122. The van der Waals surface area contributed by atoms with E-state index in [0.29, 0.717) is 70.3 Å². The van der Waals surface area contributed by atoms with Gasteiger partial charge in [-0.25, -0.2) is 13.6 Å². The Labute approximate surface area is 358 Å². The van der Waals surface area contributed by atoms with Gasteiger partial charge in [0.15, 0.2) is 12.6 Å². The zero-order valence-electron chi connectivity index (χ0n) is 37.2. The minimum atomic E-state index is -2.32. The van der Waals surface area contributed by atoms with Crippen molar-refractivity contribution in [2.45, 2.75) is 129 Å². The van der Waals surface area contributed by atoms with Gasteiger partial charge < -0.3 is 28.6 Å². The van der Waals surface area contributed by atoms with Crippen molar-refractivity contribution >= 4 is 47.9 Å². The summed E-state index contributed by atoms with van der Waals surface area (Å²) >= 11 is 0. The van der Waals surface area contributed by atoms with Crippen molar-refractivity contribution in [1.29, 1.82) is 0 Å². The highest BCUT2D eigenvalue weighted by Gasteiger charge is 2.46. The second-order valence-electron chi connectivity index (χ2n) is 19.0. The average Bonchev–Trinajstić information content (AvgIpc) is 3.45. The normalized spacial score (nSPS) is 18.7. The van der Waals surface area contributed by atoms with E-state index in [2.05, 4.69) is 58.0 Å². The quantitative estimate of drug-likeness (QED) is 0.0590. The Morgan fingerprint density at radius 2 is 1.67 bits per heavy atom. The minimum Gasteiger partial charge on any atom is -0.468 e. The second kappa shape index (κ2) is 17.1. The fourth-order valence-electron chi connectivity index (χ4n) is 9.88. The fourth-order valence-corrected chi connectivity index (χ4v) is 15.1. The number of pyridine rings is 1. The molecule has 4 heterocycles. The number of hydrogen-bond donors (Lipinski definition) is 0. The first kappa shape index (κ1) is 44.2. The Morgan fingerprint density at radius 3 is 2.25 bits per heavy atom. The number of carbonyl (C=O) groups excluding carboxylic acids is 2. The maximum Gasteiger partial charge on any atom is 0.410 e. The first-order chi connectivity index (χ1) is 28.9. The van der Waals surface area contributed by atoms with Gasteiger partial charge in [-0.05, 0) is 86.7 Å². The molecule has 2 saturated heterocycles. The van der Waals surface area contributed by atoms with Gasteiger partial charge in [-0.15, -0.1) is 5.54 Å². The van der Waals surface area contributed by atoms with Crippen LogP contribution in [0.2, 0.25) is 16.6 Å². The van der Waals surface area contributed by atoms with Gasteiger partial charge >= 0.3 is 12.1 Å². The number of nitrogens with zero attached hydrogens (tertiary/aromatic N) is 5. The molecule has 7 rings (SSSR count). The van der Waals surface area contributed by atoms with Crippen molar-refractivity contribution in [3.63, 3.8) is 0 Å². The number of benzene rings is 2. The number of fused-ring (bicyclic) bond motifs is 4. The van der Waals surface area contributed by atoms with Gasteiger partial charge in [0, 0.05) is 37.3 Å². The monoisotopic (exact) mass is 855 g/mol. The number of rotatable bonds is 12. The Morgan fingerprint density at radius 1 is 1.00 bits per heavy atom. The Balaban J connectivity index is 1.40. The molecule has 3 aliphatic rings. The predicted molar refractivity (Wildman–Crippen MR) is 236 cm³/mol. The van der Waals surface area contributed by atoms with Crippen LogP contribution in [0.5, 0.6) is 11.8 Å². The summed E-state index contributed by atoms with van der Waals surface area (Å²) in [6.07, 6.45) is 5.93. The summed E-state index contributed by atoms with van der Waals surface area (Å²) in [6.45, 7) is 19.6. The third-order valence-electron chi connectivity index (χ3n) is 13.0. The largest absolute Gasteiger partial charge is 0.468 e. The van der Waals surface area contributed by atoms with Crippen LogP contribution in [0.3, 0.4) is 0 Å². The molecule has 61 heavy (non-hydrogen) atoms. The number of methoxy groups -OCH3 is 1. The van der Waals surface area contributed by atoms with Gasteiger partial charge in [0.05, 0.1) is 28.4 Å². The topological polar surface area (TPSA) is 116 Å². The Hall–Kier alpha value is -4.87. The van der Waals surface area contributed by atoms with E-state index in [0.717, 1.165) is 25.5 Å². The van der Waals surface area contributed by atoms with E-state index < -0.39 is 30.7 Å². The maximum atomic E-state index is 17.7. The van der Waals surface area contributed by atoms with Gasteiger partial charge in [0.25, 0.3) is 0 Å². The lowest BCUT2D eigenvalue weighted by Gasteiger charge is -2.42. The van der Waals surface area contributed by atoms with Crippen LogP contribution in [-0.4, -0.2) is 91.6 Å². The molecule has 2 unspecified atom stereocenters. The van der Waals surface area contributed by atoms with Crippen molar-refractivity contribution in [2.75, 3.05) is 38.5 Å². The number of piperazine rings is 1. The summed E-state index contributed by atoms with van der Waals surface area (Å²) in [4.78, 5) is 43.6. The zero-order chi connectivity index (χ0) is 44.0. The number of carbonyl (C=O) groups is 2. The van der Waals surface area contributed by atoms with E-state index in [9.17, 15) is 9.59 Å². The van der Waals surface area contributed by atoms with E-state index in [-0.39, 0.29) is 59.9 Å². The molecule has 2 bridgehead atoms. The van der Waals surface area contributed by atoms with Crippen LogP contribution in [-0.2, 0) is 14.3 Å². The zero-order valence-corrected chi connectivity index (χ0v) is 38.2. The molecule has 2 aromatic heterocycles. The summed E-state index contributed by atoms with van der Waals surface area (Å²) in [7, 11) is -0.811. The van der Waals surface area contributed by atoms with Crippen molar-refractivity contribution < 1.29 is 37.3 Å². The van der Waals surface area contributed by atoms with Crippen LogP contribution in [0, 0.1) is 28.5 Å². The predicted octanol–water partition coefficient (Wildman–Crippen LogP) is 10.0. The molecular weight excluding hydrogens is 797 g/mol. The van der Waals surface area contributed by atoms with E-state index in [1.807, 2.05) is 30.6 Å². The van der Waals surface area contributed by atoms with Crippen LogP contribution in [0.1, 0.15) is 100.0 Å². The second-order valence-corrected chi connectivity index (χ2v) is 24.6. The summed E-state index contributed by atoms with van der Waals surface area (Å²) in [5, 5.41) is 1.34. The number of ether oxygens (including phenoxy) is 4. The molecule has 0 spiro atoms. The van der Waals surface area contributed by atoms with Gasteiger partial charge in [-0.3, -0.25) is 9.88 Å². The molecule has 2 atom stereocenters. The van der Waals surface area contributed by atoms with Crippen LogP contribution < -0.4 is 14.4 Å². The third kappa shape index (κ3) is 8.40. The maximum absolute atomic E-state index is 17.7. The molecule has 0 N–H and O–H groups in total. The SMILES string of the molecule is COCOc1cc(-c2ncc3c(N4CC5CCC(C4)N5C(=O)OC(C)(C)C)nc(OCC4(C=O)CCC4)nc3c2F)c2c(C#C[Si](C(C)C)(C(C)C)C(C)C)c(F)ccc2c1. The average molecular weight is 856 g/mol. The molecule has 326 valence electrons. The summed E-state index contributed by atoms with van der Waals surface area (Å²) < 4.78 is 57.0. The van der Waals surface area contributed by atoms with Crippen LogP contribution in [0.25, 0.3) is 32.9 Å². The van der Waals surface area contributed by atoms with Crippen LogP contribution in [0.4, 0.5) is 19.4 Å². The molecule has 3 fully saturated rings. The number of anilines is 1. The lowest BCUT2D eigenvalue weighted by atomic mass is 9.71. The molecule has 2 aromatic carbocycles. The van der Waals surface area contributed by atoms with Gasteiger partial charge in [0.2, 0.25) is 0 Å². The molecule has 1 aliphatic carbocycles. The highest BCUT2D eigenvalue weighted by molar-refractivity contribution is 6.90. The van der Waals surface area contributed by atoms with Crippen LogP contribution in [0.15, 0.2) is 30.5 Å². The molecule has 2 aliphatic heterocycles. The molecule has 4 aromatic rings. The molecule has 0 radical (unpaired) electrons. The molecule has 1 saturated carbocycles.